The number of morpholine rings is 1. The van der Waals surface area contributed by atoms with E-state index in [1.165, 1.54) is 0 Å². The normalized spacial score (nSPS) is 12.9. The predicted molar refractivity (Wildman–Crippen MR) is 218 cm³/mol. The lowest BCUT2D eigenvalue weighted by atomic mass is 10.1. The number of fused-ring (bicyclic) bond motifs is 1. The van der Waals surface area contributed by atoms with Crippen LogP contribution in [0.5, 0.6) is 11.6 Å². The number of carbonyl (C=O) groups excluding carboxylic acids is 2. The third-order valence-electron chi connectivity index (χ3n) is 9.25. The third-order valence-corrected chi connectivity index (χ3v) is 9.25. The molecule has 3 amide bonds. The molecule has 7 rings (SSSR count). The maximum atomic E-state index is 13.5. The molecule has 56 heavy (non-hydrogen) atoms. The van der Waals surface area contributed by atoms with Crippen molar-refractivity contribution in [2.75, 3.05) is 55.3 Å². The molecule has 2 aromatic heterocycles. The Hall–Kier alpha value is -6.75. The zero-order valence-corrected chi connectivity index (χ0v) is 31.5. The second kappa shape index (κ2) is 17.2. The lowest BCUT2D eigenvalue weighted by molar-refractivity contribution is 0.0383. The molecule has 0 radical (unpaired) electrons. The number of carbonyl (C=O) groups is 2. The van der Waals surface area contributed by atoms with E-state index in [1.807, 2.05) is 61.5 Å². The number of aryl methyl sites for hydroxylation is 1. The van der Waals surface area contributed by atoms with Gasteiger partial charge in [0.1, 0.15) is 11.6 Å². The van der Waals surface area contributed by atoms with Crippen LogP contribution in [0.25, 0.3) is 16.5 Å². The number of nitrogens with one attached hydrogen (secondary N) is 4. The molecule has 0 bridgehead atoms. The fourth-order valence-corrected chi connectivity index (χ4v) is 6.26. The molecule has 6 aromatic rings. The van der Waals surface area contributed by atoms with Gasteiger partial charge in [0.25, 0.3) is 5.91 Å². The lowest BCUT2D eigenvalue weighted by Crippen LogP contribution is -2.41. The smallest absolute Gasteiger partial charge is 0.324 e. The fraction of sp³-hybridized carbons (Fsp3) is 0.233. The minimum atomic E-state index is -0.415. The average molecular weight is 750 g/mol. The topological polar surface area (TPSA) is 148 Å². The van der Waals surface area contributed by atoms with Gasteiger partial charge < -0.3 is 25.4 Å². The van der Waals surface area contributed by atoms with Gasteiger partial charge in [-0.1, -0.05) is 61.7 Å². The zero-order valence-electron chi connectivity index (χ0n) is 31.5. The Morgan fingerprint density at radius 2 is 1.73 bits per heavy atom. The number of hydrogen-bond donors (Lipinski definition) is 4. The second-order valence-corrected chi connectivity index (χ2v) is 13.7. The Kier molecular flexibility index (Phi) is 11.5. The molecule has 284 valence electrons. The summed E-state index contributed by atoms with van der Waals surface area (Å²) in [5.74, 6) is 4.18. The van der Waals surface area contributed by atoms with Crippen LogP contribution in [0, 0.1) is 19.3 Å². The Morgan fingerprint density at radius 1 is 0.946 bits per heavy atom. The predicted octanol–water partition coefficient (Wildman–Crippen LogP) is 7.47. The molecule has 1 aliphatic rings. The van der Waals surface area contributed by atoms with E-state index in [2.05, 4.69) is 55.9 Å². The van der Waals surface area contributed by atoms with Gasteiger partial charge in [0, 0.05) is 72.1 Å². The maximum Gasteiger partial charge on any atom is 0.324 e. The van der Waals surface area contributed by atoms with Crippen molar-refractivity contribution in [2.24, 2.45) is 0 Å². The molecular formula is C43H43N9O4. The van der Waals surface area contributed by atoms with Crippen molar-refractivity contribution in [3.05, 3.63) is 120 Å². The third kappa shape index (κ3) is 9.12. The van der Waals surface area contributed by atoms with Gasteiger partial charge in [0.15, 0.2) is 0 Å². The van der Waals surface area contributed by atoms with Crippen LogP contribution in [0.1, 0.15) is 46.9 Å². The van der Waals surface area contributed by atoms with Gasteiger partial charge in [-0.2, -0.15) is 10.1 Å². The summed E-state index contributed by atoms with van der Waals surface area (Å²) in [7, 11) is 0. The zero-order chi connectivity index (χ0) is 39.0. The number of terminal acetylenes is 1. The van der Waals surface area contributed by atoms with E-state index in [4.69, 9.17) is 21.0 Å². The summed E-state index contributed by atoms with van der Waals surface area (Å²) < 4.78 is 13.4. The Morgan fingerprint density at radius 3 is 2.50 bits per heavy atom. The summed E-state index contributed by atoms with van der Waals surface area (Å²) in [6.45, 7) is 10.5. The minimum absolute atomic E-state index is 0.172. The van der Waals surface area contributed by atoms with Crippen LogP contribution in [0.4, 0.5) is 27.9 Å². The molecule has 1 fully saturated rings. The number of amides is 3. The highest BCUT2D eigenvalue weighted by molar-refractivity contribution is 6.07. The van der Waals surface area contributed by atoms with E-state index in [1.54, 1.807) is 47.3 Å². The van der Waals surface area contributed by atoms with E-state index < -0.39 is 6.03 Å². The molecule has 0 spiro atoms. The van der Waals surface area contributed by atoms with Gasteiger partial charge in [-0.15, -0.1) is 6.42 Å². The summed E-state index contributed by atoms with van der Waals surface area (Å²) in [4.78, 5) is 37.7. The van der Waals surface area contributed by atoms with Gasteiger partial charge in [0.05, 0.1) is 30.3 Å². The van der Waals surface area contributed by atoms with E-state index >= 15 is 0 Å². The number of nitrogens with zero attached hydrogens (tertiary/aromatic N) is 5. The number of anilines is 4. The van der Waals surface area contributed by atoms with Gasteiger partial charge in [-0.3, -0.25) is 15.0 Å². The SMILES string of the molecule is C#Cc1cc(Nc2nccc(Oc3ccc(NC(=O)Nc4cc(C(C)C)nn4-c4ccc(C)cc4)c4ccccc34)n2)cc(C(=O)NCCN2CCOCC2)c1. The standard InChI is InChI=1S/C43H43N9O4/c1-5-30-24-31(41(53)44-18-19-51-20-22-55-23-21-51)26-32(25-30)46-42-45-17-16-40(49-42)56-38-15-14-36(34-8-6-7-9-35(34)38)47-43(54)48-39-27-37(28(2)3)50-52(39)33-12-10-29(4)11-13-33/h1,6-17,24-28H,18-23H2,2-4H3,(H,44,53)(H,45,46,49)(H2,47,48,54). The molecule has 4 N–H and O–H groups in total. The first-order valence-electron chi connectivity index (χ1n) is 18.5. The number of urea groups is 1. The van der Waals surface area contributed by atoms with E-state index in [-0.39, 0.29) is 23.7 Å². The van der Waals surface area contributed by atoms with Crippen molar-refractivity contribution in [1.29, 1.82) is 0 Å². The average Bonchev–Trinajstić information content (AvgIpc) is 3.63. The molecule has 0 saturated carbocycles. The molecule has 1 saturated heterocycles. The molecule has 0 aliphatic carbocycles. The molecule has 13 heteroatoms. The quantitative estimate of drug-likeness (QED) is 0.0936. The number of aromatic nitrogens is 4. The van der Waals surface area contributed by atoms with Crippen LogP contribution in [-0.4, -0.2) is 76.0 Å². The first kappa shape index (κ1) is 37.6. The van der Waals surface area contributed by atoms with Gasteiger partial charge in [-0.05, 0) is 55.3 Å². The summed E-state index contributed by atoms with van der Waals surface area (Å²) in [5.41, 5.74) is 4.94. The Balaban J connectivity index is 1.04. The summed E-state index contributed by atoms with van der Waals surface area (Å²) >= 11 is 0. The van der Waals surface area contributed by atoms with Crippen LogP contribution >= 0.6 is 0 Å². The van der Waals surface area contributed by atoms with E-state index in [0.29, 0.717) is 53.8 Å². The van der Waals surface area contributed by atoms with Crippen molar-refractivity contribution >= 4 is 45.9 Å². The highest BCUT2D eigenvalue weighted by Gasteiger charge is 2.17. The molecule has 4 aromatic carbocycles. The minimum Gasteiger partial charge on any atom is -0.438 e. The largest absolute Gasteiger partial charge is 0.438 e. The summed E-state index contributed by atoms with van der Waals surface area (Å²) in [6, 6.07) is 27.4. The highest BCUT2D eigenvalue weighted by Crippen LogP contribution is 2.34. The van der Waals surface area contributed by atoms with Crippen molar-refractivity contribution < 1.29 is 19.1 Å². The van der Waals surface area contributed by atoms with Gasteiger partial charge in [0.2, 0.25) is 11.8 Å². The molecule has 1 aliphatic heterocycles. The van der Waals surface area contributed by atoms with Crippen LogP contribution in [0.2, 0.25) is 0 Å². The molecular weight excluding hydrogens is 707 g/mol. The molecule has 3 heterocycles. The first-order chi connectivity index (χ1) is 27.2. The summed E-state index contributed by atoms with van der Waals surface area (Å²) in [5, 5.41) is 18.4. The van der Waals surface area contributed by atoms with E-state index in [0.717, 1.165) is 47.4 Å². The van der Waals surface area contributed by atoms with Crippen molar-refractivity contribution in [2.45, 2.75) is 26.7 Å². The van der Waals surface area contributed by atoms with Gasteiger partial charge in [-0.25, -0.2) is 14.5 Å². The maximum absolute atomic E-state index is 13.5. The summed E-state index contributed by atoms with van der Waals surface area (Å²) in [6.07, 6.45) is 7.31. The number of hydrogen-bond acceptors (Lipinski definition) is 9. The van der Waals surface area contributed by atoms with Crippen LogP contribution < -0.4 is 26.0 Å². The number of ether oxygens (including phenoxy) is 2. The van der Waals surface area contributed by atoms with Gasteiger partial charge >= 0.3 is 6.03 Å². The van der Waals surface area contributed by atoms with Crippen molar-refractivity contribution in [3.8, 4) is 29.7 Å². The van der Waals surface area contributed by atoms with Crippen LogP contribution in [0.15, 0.2) is 97.2 Å². The van der Waals surface area contributed by atoms with E-state index in [9.17, 15) is 9.59 Å². The second-order valence-electron chi connectivity index (χ2n) is 13.7. The molecule has 13 nitrogen and oxygen atoms in total. The lowest BCUT2D eigenvalue weighted by Gasteiger charge is -2.26. The molecule has 0 atom stereocenters. The Labute approximate surface area is 325 Å². The molecule has 0 unspecified atom stereocenters. The first-order valence-corrected chi connectivity index (χ1v) is 18.5. The monoisotopic (exact) mass is 749 g/mol. The van der Waals surface area contributed by atoms with Crippen LogP contribution in [-0.2, 0) is 4.74 Å². The number of rotatable bonds is 12. The number of benzene rings is 4. The Bertz CT molecular complexity index is 2400. The fourth-order valence-electron chi connectivity index (χ4n) is 6.26. The van der Waals surface area contributed by atoms with Crippen molar-refractivity contribution in [3.63, 3.8) is 0 Å². The highest BCUT2D eigenvalue weighted by atomic mass is 16.5. The van der Waals surface area contributed by atoms with Crippen molar-refractivity contribution in [1.82, 2.24) is 30.0 Å². The van der Waals surface area contributed by atoms with Crippen LogP contribution in [0.3, 0.4) is 0 Å².